The molecular weight excluding hydrogens is 248 g/mol. The lowest BCUT2D eigenvalue weighted by molar-refractivity contribution is 0.0970. The van der Waals surface area contributed by atoms with Crippen LogP contribution in [0.4, 0.5) is 0 Å². The number of hydrogen-bond donors (Lipinski definition) is 1. The molecule has 1 N–H and O–H groups in total. The molecule has 0 aliphatic carbocycles. The van der Waals surface area contributed by atoms with Gasteiger partial charge in [0.25, 0.3) is 5.91 Å². The van der Waals surface area contributed by atoms with Gasteiger partial charge in [0.2, 0.25) is 0 Å². The number of benzene rings is 1. The third-order valence-electron chi connectivity index (χ3n) is 3.02. The van der Waals surface area contributed by atoms with E-state index in [-0.39, 0.29) is 12.0 Å². The van der Waals surface area contributed by atoms with Crippen LogP contribution < -0.4 is 5.32 Å². The Morgan fingerprint density at radius 1 is 1.44 bits per heavy atom. The Kier molecular flexibility index (Phi) is 4.28. The second-order valence-corrected chi connectivity index (χ2v) is 4.60. The Hall–Kier alpha value is -1.46. The standard InChI is InChI=1S/C13H16N2O2S/c1-17-11-7-8-15(9-11)13(18)14-12(16)10-5-3-2-4-6-10/h2-6,11H,7-9H2,1H3,(H,14,16,18)/t11-/m1/s1. The van der Waals surface area contributed by atoms with E-state index in [0.717, 1.165) is 19.5 Å². The maximum absolute atomic E-state index is 11.9. The summed E-state index contributed by atoms with van der Waals surface area (Å²) in [7, 11) is 1.69. The summed E-state index contributed by atoms with van der Waals surface area (Å²) in [6.07, 6.45) is 1.15. The Labute approximate surface area is 112 Å². The molecule has 0 saturated carbocycles. The highest BCUT2D eigenvalue weighted by Crippen LogP contribution is 2.12. The molecule has 1 saturated heterocycles. The third-order valence-corrected chi connectivity index (χ3v) is 3.38. The summed E-state index contributed by atoms with van der Waals surface area (Å²) in [6, 6.07) is 9.06. The maximum Gasteiger partial charge on any atom is 0.257 e. The molecule has 2 rings (SSSR count). The fourth-order valence-electron chi connectivity index (χ4n) is 1.94. The van der Waals surface area contributed by atoms with E-state index in [1.165, 1.54) is 0 Å². The van der Waals surface area contributed by atoms with Crippen molar-refractivity contribution in [3.8, 4) is 0 Å². The van der Waals surface area contributed by atoms with Gasteiger partial charge >= 0.3 is 0 Å². The smallest absolute Gasteiger partial charge is 0.257 e. The predicted molar refractivity (Wildman–Crippen MR) is 73.5 cm³/mol. The van der Waals surface area contributed by atoms with E-state index in [9.17, 15) is 4.79 Å². The average Bonchev–Trinajstić information content (AvgIpc) is 2.88. The zero-order valence-corrected chi connectivity index (χ0v) is 11.1. The van der Waals surface area contributed by atoms with Crippen molar-refractivity contribution >= 4 is 23.2 Å². The minimum atomic E-state index is -0.165. The lowest BCUT2D eigenvalue weighted by atomic mass is 10.2. The number of carbonyl (C=O) groups excluding carboxylic acids is 1. The zero-order chi connectivity index (χ0) is 13.0. The van der Waals surface area contributed by atoms with Crippen LogP contribution >= 0.6 is 12.2 Å². The second-order valence-electron chi connectivity index (χ2n) is 4.22. The second kappa shape index (κ2) is 5.93. The van der Waals surface area contributed by atoms with Gasteiger partial charge in [0.1, 0.15) is 0 Å². The van der Waals surface area contributed by atoms with Crippen molar-refractivity contribution < 1.29 is 9.53 Å². The molecule has 4 nitrogen and oxygen atoms in total. The molecule has 0 spiro atoms. The van der Waals surface area contributed by atoms with E-state index in [0.29, 0.717) is 10.7 Å². The first kappa shape index (κ1) is 13.0. The summed E-state index contributed by atoms with van der Waals surface area (Å²) < 4.78 is 5.27. The Morgan fingerprint density at radius 3 is 2.78 bits per heavy atom. The Bertz CT molecular complexity index is 436. The summed E-state index contributed by atoms with van der Waals surface area (Å²) in [5.74, 6) is -0.165. The van der Waals surface area contributed by atoms with Crippen LogP contribution in [0.25, 0.3) is 0 Å². The molecule has 1 aliphatic heterocycles. The number of ether oxygens (including phenoxy) is 1. The summed E-state index contributed by atoms with van der Waals surface area (Å²) in [5, 5.41) is 3.22. The number of nitrogens with one attached hydrogen (secondary N) is 1. The fraction of sp³-hybridized carbons (Fsp3) is 0.385. The number of hydrogen-bond acceptors (Lipinski definition) is 3. The topological polar surface area (TPSA) is 41.6 Å². The highest BCUT2D eigenvalue weighted by molar-refractivity contribution is 7.80. The van der Waals surface area contributed by atoms with Crippen molar-refractivity contribution in [1.82, 2.24) is 10.2 Å². The summed E-state index contributed by atoms with van der Waals surface area (Å²) >= 11 is 5.23. The van der Waals surface area contributed by atoms with E-state index in [2.05, 4.69) is 5.32 Å². The molecule has 5 heteroatoms. The molecule has 0 bridgehead atoms. The molecule has 1 atom stereocenters. The molecule has 0 unspecified atom stereocenters. The number of rotatable bonds is 2. The molecule has 1 heterocycles. The van der Waals surface area contributed by atoms with Crippen LogP contribution in [-0.2, 0) is 4.74 Å². The first-order valence-corrected chi connectivity index (χ1v) is 6.29. The van der Waals surface area contributed by atoms with Crippen LogP contribution in [0, 0.1) is 0 Å². The fourth-order valence-corrected chi connectivity index (χ4v) is 2.20. The van der Waals surface area contributed by atoms with Crippen molar-refractivity contribution in [2.24, 2.45) is 0 Å². The molecule has 0 radical (unpaired) electrons. The van der Waals surface area contributed by atoms with Crippen molar-refractivity contribution in [3.05, 3.63) is 35.9 Å². The first-order chi connectivity index (χ1) is 8.70. The molecule has 1 aromatic carbocycles. The molecule has 1 amide bonds. The van der Waals surface area contributed by atoms with Gasteiger partial charge in [-0.1, -0.05) is 18.2 Å². The molecule has 1 aliphatic rings. The van der Waals surface area contributed by atoms with E-state index in [4.69, 9.17) is 17.0 Å². The molecule has 0 aromatic heterocycles. The lowest BCUT2D eigenvalue weighted by Gasteiger charge is -2.19. The lowest BCUT2D eigenvalue weighted by Crippen LogP contribution is -2.41. The van der Waals surface area contributed by atoms with Gasteiger partial charge in [-0.15, -0.1) is 0 Å². The van der Waals surface area contributed by atoms with Crippen LogP contribution in [-0.4, -0.2) is 42.2 Å². The highest BCUT2D eigenvalue weighted by Gasteiger charge is 2.24. The number of carbonyl (C=O) groups is 1. The molecule has 1 fully saturated rings. The largest absolute Gasteiger partial charge is 0.380 e. The zero-order valence-electron chi connectivity index (χ0n) is 10.3. The number of thiocarbonyl (C=S) groups is 1. The van der Waals surface area contributed by atoms with Gasteiger partial charge in [-0.25, -0.2) is 0 Å². The van der Waals surface area contributed by atoms with Crippen molar-refractivity contribution in [2.75, 3.05) is 20.2 Å². The van der Waals surface area contributed by atoms with Gasteiger partial charge in [-0.05, 0) is 30.8 Å². The van der Waals surface area contributed by atoms with Crippen LogP contribution in [0.1, 0.15) is 16.8 Å². The number of methoxy groups -OCH3 is 1. The van der Waals surface area contributed by atoms with Crippen LogP contribution in [0.5, 0.6) is 0 Å². The summed E-state index contributed by atoms with van der Waals surface area (Å²) in [5.41, 5.74) is 0.613. The summed E-state index contributed by atoms with van der Waals surface area (Å²) in [6.45, 7) is 1.57. The highest BCUT2D eigenvalue weighted by atomic mass is 32.1. The normalized spacial score (nSPS) is 18.7. The number of likely N-dealkylation sites (tertiary alicyclic amines) is 1. The number of nitrogens with zero attached hydrogens (tertiary/aromatic N) is 1. The van der Waals surface area contributed by atoms with Crippen molar-refractivity contribution in [3.63, 3.8) is 0 Å². The van der Waals surface area contributed by atoms with Gasteiger partial charge in [0.05, 0.1) is 6.10 Å². The van der Waals surface area contributed by atoms with Crippen molar-refractivity contribution in [1.29, 1.82) is 0 Å². The molecule has 18 heavy (non-hydrogen) atoms. The quantitative estimate of drug-likeness (QED) is 0.820. The molecule has 96 valence electrons. The van der Waals surface area contributed by atoms with E-state index < -0.39 is 0 Å². The third kappa shape index (κ3) is 3.05. The summed E-state index contributed by atoms with van der Waals surface area (Å²) in [4.78, 5) is 13.9. The monoisotopic (exact) mass is 264 g/mol. The predicted octanol–water partition coefficient (Wildman–Crippen LogP) is 1.42. The van der Waals surface area contributed by atoms with Gasteiger partial charge in [-0.3, -0.25) is 10.1 Å². The van der Waals surface area contributed by atoms with Gasteiger partial charge in [0.15, 0.2) is 5.11 Å². The molecule has 1 aromatic rings. The first-order valence-electron chi connectivity index (χ1n) is 5.89. The van der Waals surface area contributed by atoms with Gasteiger partial charge in [-0.2, -0.15) is 0 Å². The van der Waals surface area contributed by atoms with Gasteiger partial charge in [0, 0.05) is 25.8 Å². The SMILES string of the molecule is CO[C@@H]1CCN(C(=S)NC(=O)c2ccccc2)C1. The Morgan fingerprint density at radius 2 is 2.17 bits per heavy atom. The van der Waals surface area contributed by atoms with Crippen LogP contribution in [0.15, 0.2) is 30.3 Å². The Balaban J connectivity index is 1.90. The van der Waals surface area contributed by atoms with E-state index in [1.54, 1.807) is 19.2 Å². The average molecular weight is 264 g/mol. The van der Waals surface area contributed by atoms with Crippen molar-refractivity contribution in [2.45, 2.75) is 12.5 Å². The maximum atomic E-state index is 11.9. The van der Waals surface area contributed by atoms with E-state index in [1.807, 2.05) is 23.1 Å². The molecular formula is C13H16N2O2S. The van der Waals surface area contributed by atoms with E-state index >= 15 is 0 Å². The number of amides is 1. The minimum absolute atomic E-state index is 0.165. The van der Waals surface area contributed by atoms with Crippen LogP contribution in [0.3, 0.4) is 0 Å². The minimum Gasteiger partial charge on any atom is -0.380 e. The van der Waals surface area contributed by atoms with Crippen LogP contribution in [0.2, 0.25) is 0 Å². The van der Waals surface area contributed by atoms with Gasteiger partial charge < -0.3 is 9.64 Å².